The summed E-state index contributed by atoms with van der Waals surface area (Å²) in [5, 5.41) is 11.9. The summed E-state index contributed by atoms with van der Waals surface area (Å²) in [5.74, 6) is 0. The average Bonchev–Trinajstić information content (AvgIpc) is 3.44. The van der Waals surface area contributed by atoms with Crippen molar-refractivity contribution in [2.24, 2.45) is 0 Å². The molecule has 6 aromatic rings. The number of anilines is 3. The first-order valence-electron chi connectivity index (χ1n) is 14.2. The molecule has 0 saturated carbocycles. The molecule has 200 valence electrons. The van der Waals surface area contributed by atoms with Gasteiger partial charge in [-0.3, -0.25) is 0 Å². The van der Waals surface area contributed by atoms with E-state index in [1.54, 1.807) is 0 Å². The maximum absolute atomic E-state index is 9.69. The second-order valence-electron chi connectivity index (χ2n) is 12.5. The molecule has 1 aliphatic rings. The summed E-state index contributed by atoms with van der Waals surface area (Å²) in [6, 6.07) is 40.1. The van der Waals surface area contributed by atoms with Crippen LogP contribution in [0.2, 0.25) is 0 Å². The van der Waals surface area contributed by atoms with Gasteiger partial charge in [0.05, 0.1) is 17.3 Å². The van der Waals surface area contributed by atoms with Gasteiger partial charge in [0.25, 0.3) is 0 Å². The predicted molar refractivity (Wildman–Crippen MR) is 169 cm³/mol. The lowest BCUT2D eigenvalue weighted by atomic mass is 9.82. The summed E-state index contributed by atoms with van der Waals surface area (Å²) in [6.45, 7) is 9.37. The molecule has 1 heterocycles. The number of fused-ring (bicyclic) bond motifs is 4. The fourth-order valence-electron chi connectivity index (χ4n) is 7.00. The number of hydrogen-bond donors (Lipinski definition) is 0. The number of hydrogen-bond acceptors (Lipinski definition) is 3. The van der Waals surface area contributed by atoms with Crippen LogP contribution in [0.1, 0.15) is 50.8 Å². The maximum Gasteiger partial charge on any atom is 0.159 e. The fraction of sp³-hybridized carbons (Fsp3) is 0.184. The molecular weight excluding hydrogens is 500 g/mol. The Labute approximate surface area is 241 Å². The van der Waals surface area contributed by atoms with E-state index in [-0.39, 0.29) is 10.8 Å². The Morgan fingerprint density at radius 3 is 2.07 bits per heavy atom. The zero-order valence-electron chi connectivity index (χ0n) is 23.9. The molecule has 0 unspecified atom stereocenters. The van der Waals surface area contributed by atoms with Gasteiger partial charge < -0.3 is 9.32 Å². The molecule has 41 heavy (non-hydrogen) atoms. The third-order valence-corrected chi connectivity index (χ3v) is 8.67. The van der Waals surface area contributed by atoms with E-state index in [2.05, 4.69) is 118 Å². The largest absolute Gasteiger partial charge is 0.454 e. The van der Waals surface area contributed by atoms with Crippen molar-refractivity contribution < 1.29 is 4.42 Å². The van der Waals surface area contributed by atoms with Crippen molar-refractivity contribution in [1.82, 2.24) is 0 Å². The Kier molecular flexibility index (Phi) is 5.60. The highest BCUT2D eigenvalue weighted by Crippen LogP contribution is 2.52. The van der Waals surface area contributed by atoms with Crippen molar-refractivity contribution in [3.8, 4) is 17.2 Å². The monoisotopic (exact) mass is 532 g/mol. The maximum atomic E-state index is 9.69. The molecule has 7 rings (SSSR count). The number of nitriles is 1. The summed E-state index contributed by atoms with van der Waals surface area (Å²) >= 11 is 0. The lowest BCUT2D eigenvalue weighted by molar-refractivity contribution is 0.403. The smallest absolute Gasteiger partial charge is 0.159 e. The van der Waals surface area contributed by atoms with E-state index in [0.717, 1.165) is 51.0 Å². The van der Waals surface area contributed by atoms with Gasteiger partial charge in [0, 0.05) is 22.1 Å². The molecule has 0 bridgehead atoms. The molecule has 3 nitrogen and oxygen atoms in total. The Morgan fingerprint density at radius 2 is 1.34 bits per heavy atom. The van der Waals surface area contributed by atoms with Crippen LogP contribution in [0.25, 0.3) is 33.1 Å². The Balaban J connectivity index is 1.44. The van der Waals surface area contributed by atoms with Gasteiger partial charge in [0.1, 0.15) is 5.58 Å². The topological polar surface area (TPSA) is 40.2 Å². The van der Waals surface area contributed by atoms with Crippen LogP contribution in [-0.4, -0.2) is 0 Å². The standard InChI is InChI=1S/C38H32N2O/c1-37(2)24-38(3,4)33-22-35-31(21-32(33)37)30-14-9-15-34(36(30)41-35)40(29-13-8-10-25(20-29)23-39)28-18-16-27(17-19-28)26-11-6-5-7-12-26/h5-22H,24H2,1-4H3. The molecule has 0 atom stereocenters. The van der Waals surface area contributed by atoms with Gasteiger partial charge in [-0.25, -0.2) is 0 Å². The van der Waals surface area contributed by atoms with Gasteiger partial charge in [-0.15, -0.1) is 0 Å². The van der Waals surface area contributed by atoms with E-state index in [1.165, 1.54) is 16.7 Å². The minimum Gasteiger partial charge on any atom is -0.454 e. The summed E-state index contributed by atoms with van der Waals surface area (Å²) in [7, 11) is 0. The summed E-state index contributed by atoms with van der Waals surface area (Å²) in [4.78, 5) is 2.20. The zero-order valence-corrected chi connectivity index (χ0v) is 23.9. The van der Waals surface area contributed by atoms with Crippen molar-refractivity contribution in [1.29, 1.82) is 5.26 Å². The molecule has 3 heteroatoms. The first-order chi connectivity index (χ1) is 19.7. The van der Waals surface area contributed by atoms with Crippen LogP contribution in [0.15, 0.2) is 114 Å². The summed E-state index contributed by atoms with van der Waals surface area (Å²) in [6.07, 6.45) is 1.12. The van der Waals surface area contributed by atoms with E-state index in [4.69, 9.17) is 4.42 Å². The molecule has 0 amide bonds. The van der Waals surface area contributed by atoms with Gasteiger partial charge in [-0.05, 0) is 88.0 Å². The zero-order chi connectivity index (χ0) is 28.4. The predicted octanol–water partition coefficient (Wildman–Crippen LogP) is 10.6. The molecule has 1 aromatic heterocycles. The minimum absolute atomic E-state index is 0.0963. The van der Waals surface area contributed by atoms with Crippen LogP contribution in [0, 0.1) is 11.3 Å². The lowest BCUT2D eigenvalue weighted by Crippen LogP contribution is -2.17. The van der Waals surface area contributed by atoms with E-state index < -0.39 is 0 Å². The van der Waals surface area contributed by atoms with Gasteiger partial charge >= 0.3 is 0 Å². The Bertz CT molecular complexity index is 1970. The summed E-state index contributed by atoms with van der Waals surface area (Å²) in [5.41, 5.74) is 10.6. The normalized spacial score (nSPS) is 15.1. The highest BCUT2D eigenvalue weighted by atomic mass is 16.3. The van der Waals surface area contributed by atoms with E-state index in [9.17, 15) is 5.26 Å². The van der Waals surface area contributed by atoms with Gasteiger partial charge in [0.2, 0.25) is 0 Å². The van der Waals surface area contributed by atoms with E-state index in [1.807, 2.05) is 30.3 Å². The van der Waals surface area contributed by atoms with Crippen molar-refractivity contribution in [2.45, 2.75) is 44.9 Å². The third-order valence-electron chi connectivity index (χ3n) is 8.67. The highest BCUT2D eigenvalue weighted by molar-refractivity contribution is 6.10. The second-order valence-corrected chi connectivity index (χ2v) is 12.5. The molecule has 0 saturated heterocycles. The van der Waals surface area contributed by atoms with Gasteiger partial charge in [0.15, 0.2) is 5.58 Å². The molecule has 1 aliphatic carbocycles. The molecule has 5 aromatic carbocycles. The third kappa shape index (κ3) is 4.10. The Morgan fingerprint density at radius 1 is 0.659 bits per heavy atom. The van der Waals surface area contributed by atoms with Crippen molar-refractivity contribution in [2.75, 3.05) is 4.90 Å². The lowest BCUT2D eigenvalue weighted by Gasteiger charge is -2.26. The Hall–Kier alpha value is -4.81. The molecule has 0 aliphatic heterocycles. The van der Waals surface area contributed by atoms with Crippen molar-refractivity contribution in [3.63, 3.8) is 0 Å². The highest BCUT2D eigenvalue weighted by Gasteiger charge is 2.42. The number of para-hydroxylation sites is 1. The molecule has 0 spiro atoms. The quantitative estimate of drug-likeness (QED) is 0.227. The van der Waals surface area contributed by atoms with Crippen molar-refractivity contribution in [3.05, 3.63) is 126 Å². The number of benzene rings is 5. The van der Waals surface area contributed by atoms with Gasteiger partial charge in [-0.1, -0.05) is 88.4 Å². The first kappa shape index (κ1) is 25.2. The summed E-state index contributed by atoms with van der Waals surface area (Å²) < 4.78 is 6.74. The van der Waals surface area contributed by atoms with Crippen LogP contribution in [-0.2, 0) is 10.8 Å². The van der Waals surface area contributed by atoms with Crippen LogP contribution in [0.5, 0.6) is 0 Å². The van der Waals surface area contributed by atoms with Crippen LogP contribution < -0.4 is 4.90 Å². The SMILES string of the molecule is CC1(C)CC(C)(C)c2cc3c(cc21)oc1c(N(c2ccc(-c4ccccc4)cc2)c2cccc(C#N)c2)cccc13. The molecule has 0 N–H and O–H groups in total. The average molecular weight is 533 g/mol. The number of furan rings is 1. The molecular formula is C38H32N2O. The first-order valence-corrected chi connectivity index (χ1v) is 14.2. The van der Waals surface area contributed by atoms with Crippen LogP contribution in [0.3, 0.4) is 0 Å². The molecule has 0 fully saturated rings. The fourth-order valence-corrected chi connectivity index (χ4v) is 7.00. The van der Waals surface area contributed by atoms with Crippen molar-refractivity contribution >= 4 is 39.0 Å². The van der Waals surface area contributed by atoms with Crippen LogP contribution in [0.4, 0.5) is 17.1 Å². The number of nitrogens with zero attached hydrogens (tertiary/aromatic N) is 2. The minimum atomic E-state index is 0.0963. The van der Waals surface area contributed by atoms with E-state index >= 15 is 0 Å². The second kappa shape index (κ2) is 9.11. The number of rotatable bonds is 4. The van der Waals surface area contributed by atoms with Crippen LogP contribution >= 0.6 is 0 Å². The molecule has 0 radical (unpaired) electrons. The van der Waals surface area contributed by atoms with Gasteiger partial charge in [-0.2, -0.15) is 5.26 Å². The van der Waals surface area contributed by atoms with E-state index in [0.29, 0.717) is 5.56 Å².